The molecule has 0 saturated carbocycles. The van der Waals surface area contributed by atoms with Crippen molar-refractivity contribution in [2.24, 2.45) is 0 Å². The van der Waals surface area contributed by atoms with Crippen LogP contribution in [0.1, 0.15) is 29.7 Å². The molecular weight excluding hydrogens is 1810 g/mol. The number of rotatable bonds is 12. The zero-order chi connectivity index (χ0) is 93.5. The Hall–Kier alpha value is -19.6. The molecular formula is C136H92N8O4. The minimum Gasteiger partial charge on any atom is -0.456 e. The van der Waals surface area contributed by atoms with E-state index in [0.29, 0.717) is 0 Å². The monoisotopic (exact) mass is 1900 g/mol. The molecule has 0 bridgehead atoms. The molecule has 34 aromatic rings. The van der Waals surface area contributed by atoms with Gasteiger partial charge in [-0.25, -0.2) is 0 Å². The summed E-state index contributed by atoms with van der Waals surface area (Å²) in [5, 5.41) is 28.5. The van der Waals surface area contributed by atoms with Gasteiger partial charge in [-0.3, -0.25) is 0 Å². The minimum absolute atomic E-state index is 0. The lowest BCUT2D eigenvalue weighted by Crippen LogP contribution is -2.10. The molecule has 0 saturated heterocycles. The first-order valence-electron chi connectivity index (χ1n) is 49.2. The van der Waals surface area contributed by atoms with Crippen molar-refractivity contribution in [3.8, 4) is 0 Å². The molecule has 0 aliphatic carbocycles. The highest BCUT2D eigenvalue weighted by Gasteiger charge is 2.34. The fourth-order valence-corrected chi connectivity index (χ4v) is 25.3. The fraction of sp³-hybridized carbons (Fsp3) is 0.0294. The number of benzene rings is 22. The molecule has 0 radical (unpaired) electrons. The Kier molecular flexibility index (Phi) is 18.4. The number of para-hydroxylation sites is 14. The van der Waals surface area contributed by atoms with Crippen LogP contribution >= 0.6 is 0 Å². The van der Waals surface area contributed by atoms with E-state index in [1.807, 2.05) is 36.4 Å². The molecule has 12 heteroatoms. The third-order valence-electron chi connectivity index (χ3n) is 31.0. The number of fused-ring (bicyclic) bond motifs is 36. The average molecular weight is 1900 g/mol. The van der Waals surface area contributed by atoms with Crippen LogP contribution in [0, 0.1) is 0 Å². The highest BCUT2D eigenvalue weighted by atomic mass is 16.3. The maximum atomic E-state index is 6.73. The van der Waals surface area contributed by atoms with Gasteiger partial charge in [0.1, 0.15) is 33.5 Å². The Morgan fingerprint density at radius 1 is 0.135 bits per heavy atom. The van der Waals surface area contributed by atoms with E-state index in [0.717, 1.165) is 167 Å². The van der Waals surface area contributed by atoms with Crippen LogP contribution in [0.3, 0.4) is 0 Å². The summed E-state index contributed by atoms with van der Waals surface area (Å²) < 4.78 is 36.5. The molecule has 22 aromatic carbocycles. The predicted molar refractivity (Wildman–Crippen MR) is 626 cm³/mol. The summed E-state index contributed by atoms with van der Waals surface area (Å²) in [7, 11) is 0. The number of nitrogens with zero attached hydrogens (tertiary/aromatic N) is 8. The van der Waals surface area contributed by atoms with Crippen molar-refractivity contribution in [1.82, 2.24) is 17.6 Å². The SMILES string of the molecule is C.C.C.C.c1ccc(N(c2ccc3c(c2)oc2ccccc23)c2cccc3c2c2cccc4c5cc6c(cc5n3c42)c2cccc3c4c(N(c5ccccc5)c5ccc7c(c5)oc5ccccc57)cccc4n6c23)cc1.c1ccc(N(c2cccc3c2oc2ccccc23)c2cccc3c2c2cccc4c5cc6c(cc5n3c42)c2cccc3c4c(N(c5ccccc5)c5cccc7c5oc5ccccc57)cccc4n6c23)cc1. The van der Waals surface area contributed by atoms with Gasteiger partial charge in [0.25, 0.3) is 0 Å². The summed E-state index contributed by atoms with van der Waals surface area (Å²) in [4.78, 5) is 9.55. The first-order valence-corrected chi connectivity index (χ1v) is 49.2. The molecule has 0 aliphatic rings. The van der Waals surface area contributed by atoms with Crippen LogP contribution in [0.15, 0.2) is 479 Å². The van der Waals surface area contributed by atoms with Crippen molar-refractivity contribution in [3.63, 3.8) is 0 Å². The number of hydrogen-bond donors (Lipinski definition) is 0. The maximum absolute atomic E-state index is 6.73. The van der Waals surface area contributed by atoms with Crippen LogP contribution in [0.4, 0.5) is 68.2 Å². The van der Waals surface area contributed by atoms with Gasteiger partial charge in [-0.1, -0.05) is 297 Å². The van der Waals surface area contributed by atoms with Crippen molar-refractivity contribution in [2.75, 3.05) is 19.6 Å². The molecule has 148 heavy (non-hydrogen) atoms. The summed E-state index contributed by atoms with van der Waals surface area (Å²) in [5.41, 5.74) is 34.2. The van der Waals surface area contributed by atoms with Crippen LogP contribution < -0.4 is 19.6 Å². The summed E-state index contributed by atoms with van der Waals surface area (Å²) in [6.07, 6.45) is 0. The molecule has 12 heterocycles. The number of hydrogen-bond acceptors (Lipinski definition) is 8. The van der Waals surface area contributed by atoms with Gasteiger partial charge in [0, 0.05) is 176 Å². The second-order valence-electron chi connectivity index (χ2n) is 38.4. The lowest BCUT2D eigenvalue weighted by molar-refractivity contribution is 0.668. The Morgan fingerprint density at radius 2 is 0.358 bits per heavy atom. The minimum atomic E-state index is 0. The number of furan rings is 4. The third kappa shape index (κ3) is 11.6. The normalized spacial score (nSPS) is 12.1. The second-order valence-corrected chi connectivity index (χ2v) is 38.4. The summed E-state index contributed by atoms with van der Waals surface area (Å²) >= 11 is 0. The van der Waals surface area contributed by atoms with Gasteiger partial charge >= 0.3 is 0 Å². The Morgan fingerprint density at radius 3 is 0.669 bits per heavy atom. The van der Waals surface area contributed by atoms with E-state index < -0.39 is 0 Å². The lowest BCUT2D eigenvalue weighted by atomic mass is 10.0. The summed E-state index contributed by atoms with van der Waals surface area (Å²) in [5.74, 6) is 0. The predicted octanol–water partition coefficient (Wildman–Crippen LogP) is 40.0. The van der Waals surface area contributed by atoms with E-state index in [1.54, 1.807) is 0 Å². The van der Waals surface area contributed by atoms with Gasteiger partial charge in [-0.15, -0.1) is 0 Å². The van der Waals surface area contributed by atoms with Gasteiger partial charge in [0.05, 0.1) is 100 Å². The van der Waals surface area contributed by atoms with E-state index in [9.17, 15) is 0 Å². The fourth-order valence-electron chi connectivity index (χ4n) is 25.3. The zero-order valence-electron chi connectivity index (χ0n) is 77.1. The smallest absolute Gasteiger partial charge is 0.159 e. The highest BCUT2D eigenvalue weighted by molar-refractivity contribution is 6.35. The van der Waals surface area contributed by atoms with Gasteiger partial charge < -0.3 is 54.9 Å². The van der Waals surface area contributed by atoms with E-state index in [2.05, 4.69) is 462 Å². The van der Waals surface area contributed by atoms with Gasteiger partial charge in [-0.05, 0) is 182 Å². The van der Waals surface area contributed by atoms with Crippen LogP contribution in [0.5, 0.6) is 0 Å². The molecule has 0 N–H and O–H groups in total. The lowest BCUT2D eigenvalue weighted by Gasteiger charge is -2.26. The first-order chi connectivity index (χ1) is 71.5. The molecule has 0 spiro atoms. The zero-order valence-corrected chi connectivity index (χ0v) is 77.1. The van der Waals surface area contributed by atoms with Crippen molar-refractivity contribution in [3.05, 3.63) is 461 Å². The van der Waals surface area contributed by atoms with Crippen molar-refractivity contribution in [1.29, 1.82) is 0 Å². The van der Waals surface area contributed by atoms with E-state index in [1.165, 1.54) is 141 Å². The Bertz CT molecular complexity index is 10800. The number of anilines is 12. The van der Waals surface area contributed by atoms with Crippen molar-refractivity contribution < 1.29 is 17.7 Å². The van der Waals surface area contributed by atoms with E-state index in [4.69, 9.17) is 17.7 Å². The number of aromatic nitrogens is 4. The molecule has 0 aliphatic heterocycles. The standard InChI is InChI=1S/2C66H38N4O2.4CH4/c1-3-17-39(18-4-1)67(55-33-13-25-45-41-21-7-9-35-59(41)71-65(45)55)51-29-15-31-53-61(51)47-27-11-23-43-49-38-58-50(37-57(49)69(53)63(43)47)44-24-12-28-48-62-52(30-16-32-54(62)70(58)64(44)48)68(40-19-5-2-6-20-40)56-34-14-26-46-42-22-8-10-36-60(42)72-66(46)56;1-3-15-39(16-4-1)67(41-31-33-45-43-19-7-9-29-59(43)71-61(45)35-41)53-25-13-27-55-63(53)49-23-11-21-47-51-38-58-52(37-57(51)69(55)65(47)49)48-22-12-24-50-64-54(26-14-28-56(64)70(58)66(48)50)68(40-17-5-2-6-18-40)42-32-34-46-44-20-8-10-30-60(44)72-62(46)36-42;;;;/h2*1-38H;4*1H4. The summed E-state index contributed by atoms with van der Waals surface area (Å²) in [6, 6.07) is 167. The van der Waals surface area contributed by atoms with Gasteiger partial charge in [0.15, 0.2) is 11.2 Å². The molecule has 0 unspecified atom stereocenters. The van der Waals surface area contributed by atoms with Crippen molar-refractivity contribution in [2.45, 2.75) is 29.7 Å². The van der Waals surface area contributed by atoms with Crippen LogP contribution in [-0.2, 0) is 0 Å². The molecule has 700 valence electrons. The maximum Gasteiger partial charge on any atom is 0.159 e. The van der Waals surface area contributed by atoms with E-state index in [-0.39, 0.29) is 29.7 Å². The summed E-state index contributed by atoms with van der Waals surface area (Å²) in [6.45, 7) is 0. The molecule has 0 atom stereocenters. The molecule has 0 fully saturated rings. The largest absolute Gasteiger partial charge is 0.456 e. The van der Waals surface area contributed by atoms with Crippen LogP contribution in [0.2, 0.25) is 0 Å². The Balaban J connectivity index is 0.000000136. The van der Waals surface area contributed by atoms with Crippen LogP contribution in [0.25, 0.3) is 240 Å². The molecule has 34 rings (SSSR count). The second kappa shape index (κ2) is 32.0. The Labute approximate surface area is 848 Å². The van der Waals surface area contributed by atoms with Gasteiger partial charge in [-0.2, -0.15) is 0 Å². The van der Waals surface area contributed by atoms with Gasteiger partial charge in [0.2, 0.25) is 0 Å². The topological polar surface area (TPSA) is 83.2 Å². The highest BCUT2D eigenvalue weighted by Crippen LogP contribution is 2.57. The molecule has 12 aromatic heterocycles. The van der Waals surface area contributed by atoms with Crippen molar-refractivity contribution >= 4 is 308 Å². The first kappa shape index (κ1) is 85.2. The average Bonchev–Trinajstić information content (AvgIpc) is 1.51. The van der Waals surface area contributed by atoms with Crippen LogP contribution in [-0.4, -0.2) is 17.6 Å². The molecule has 0 amide bonds. The quantitative estimate of drug-likeness (QED) is 0.120. The van der Waals surface area contributed by atoms with E-state index >= 15 is 0 Å². The third-order valence-corrected chi connectivity index (χ3v) is 31.0. The molecule has 12 nitrogen and oxygen atoms in total.